The van der Waals surface area contributed by atoms with Crippen LogP contribution in [-0.2, 0) is 0 Å². The number of rotatable bonds is 5. The summed E-state index contributed by atoms with van der Waals surface area (Å²) in [5.41, 5.74) is 8.29. The maximum absolute atomic E-state index is 2.35. The second-order valence-electron chi connectivity index (χ2n) is 11.8. The normalized spacial score (nSPS) is 11.5. The van der Waals surface area contributed by atoms with Crippen molar-refractivity contribution in [3.05, 3.63) is 176 Å². The first-order chi connectivity index (χ1) is 22.8. The molecule has 0 aliphatic rings. The van der Waals surface area contributed by atoms with E-state index in [0.29, 0.717) is 0 Å². The standard InChI is InChI=1S/C44H29NS/c1-2-11-36(12-3-1)45(38-25-21-32(22-26-38)40-15-8-10-31-9-4-5-13-39(31)40)37-23-19-30(20-24-37)33-17-18-34-28-42-41-14-6-7-16-43(41)46-44(42)29-35(34)27-33/h1-29H. The fourth-order valence-corrected chi connectivity index (χ4v) is 7.88. The highest BCUT2D eigenvalue weighted by Gasteiger charge is 2.14. The maximum Gasteiger partial charge on any atom is 0.0462 e. The molecule has 9 rings (SSSR count). The van der Waals surface area contributed by atoms with E-state index < -0.39 is 0 Å². The minimum atomic E-state index is 1.13. The smallest absolute Gasteiger partial charge is 0.0462 e. The lowest BCUT2D eigenvalue weighted by Crippen LogP contribution is -2.09. The zero-order valence-electron chi connectivity index (χ0n) is 25.1. The molecule has 0 fully saturated rings. The molecule has 0 aliphatic carbocycles. The van der Waals surface area contributed by atoms with E-state index in [1.54, 1.807) is 0 Å². The van der Waals surface area contributed by atoms with E-state index in [0.717, 1.165) is 17.1 Å². The molecule has 0 bridgehead atoms. The maximum atomic E-state index is 2.35. The molecule has 0 saturated heterocycles. The number of nitrogens with zero attached hydrogens (tertiary/aromatic N) is 1. The van der Waals surface area contributed by atoms with E-state index in [-0.39, 0.29) is 0 Å². The van der Waals surface area contributed by atoms with Crippen LogP contribution in [0.25, 0.3) is 64.0 Å². The molecule has 2 heteroatoms. The Kier molecular flexibility index (Phi) is 6.40. The van der Waals surface area contributed by atoms with Crippen LogP contribution in [0, 0.1) is 0 Å². The number of anilines is 3. The molecule has 0 atom stereocenters. The molecule has 0 N–H and O–H groups in total. The highest BCUT2D eigenvalue weighted by Crippen LogP contribution is 2.39. The number of thiophene rings is 1. The molecular formula is C44H29NS. The van der Waals surface area contributed by atoms with Crippen LogP contribution in [0.5, 0.6) is 0 Å². The van der Waals surface area contributed by atoms with Crippen molar-refractivity contribution in [1.82, 2.24) is 0 Å². The summed E-state index contributed by atoms with van der Waals surface area (Å²) in [6.07, 6.45) is 0. The summed E-state index contributed by atoms with van der Waals surface area (Å²) in [5.74, 6) is 0. The van der Waals surface area contributed by atoms with Crippen LogP contribution in [0.4, 0.5) is 17.1 Å². The summed E-state index contributed by atoms with van der Waals surface area (Å²) in [6.45, 7) is 0. The van der Waals surface area contributed by atoms with Crippen molar-refractivity contribution >= 4 is 70.1 Å². The van der Waals surface area contributed by atoms with Crippen molar-refractivity contribution in [2.45, 2.75) is 0 Å². The SMILES string of the molecule is c1ccc(N(c2ccc(-c3ccc4cc5c(cc4c3)sc3ccccc35)cc2)c2ccc(-c3cccc4ccccc34)cc2)cc1. The van der Waals surface area contributed by atoms with Gasteiger partial charge in [-0.2, -0.15) is 0 Å². The van der Waals surface area contributed by atoms with E-state index in [2.05, 4.69) is 181 Å². The topological polar surface area (TPSA) is 3.24 Å². The van der Waals surface area contributed by atoms with Crippen LogP contribution >= 0.6 is 11.3 Å². The molecule has 0 unspecified atom stereocenters. The van der Waals surface area contributed by atoms with Gasteiger partial charge >= 0.3 is 0 Å². The summed E-state index contributed by atoms with van der Waals surface area (Å²) in [6, 6.07) is 63.9. The number of fused-ring (bicyclic) bond motifs is 5. The Morgan fingerprint density at radius 2 is 0.957 bits per heavy atom. The van der Waals surface area contributed by atoms with Crippen molar-refractivity contribution in [2.75, 3.05) is 4.90 Å². The largest absolute Gasteiger partial charge is 0.311 e. The average Bonchev–Trinajstić information content (AvgIpc) is 3.49. The van der Waals surface area contributed by atoms with Gasteiger partial charge in [-0.15, -0.1) is 11.3 Å². The summed E-state index contributed by atoms with van der Waals surface area (Å²) >= 11 is 1.87. The fraction of sp³-hybridized carbons (Fsp3) is 0. The quantitative estimate of drug-likeness (QED) is 0.189. The lowest BCUT2D eigenvalue weighted by Gasteiger charge is -2.26. The van der Waals surface area contributed by atoms with E-state index in [9.17, 15) is 0 Å². The van der Waals surface area contributed by atoms with Gasteiger partial charge in [0.25, 0.3) is 0 Å². The minimum Gasteiger partial charge on any atom is -0.311 e. The van der Waals surface area contributed by atoms with Crippen LogP contribution in [-0.4, -0.2) is 0 Å². The third-order valence-corrected chi connectivity index (χ3v) is 10.2. The third kappa shape index (κ3) is 4.63. The minimum absolute atomic E-state index is 1.13. The molecule has 216 valence electrons. The van der Waals surface area contributed by atoms with Gasteiger partial charge in [-0.1, -0.05) is 115 Å². The monoisotopic (exact) mass is 603 g/mol. The lowest BCUT2D eigenvalue weighted by atomic mass is 9.98. The Hall–Kier alpha value is -5.70. The molecule has 1 nitrogen and oxygen atoms in total. The highest BCUT2D eigenvalue weighted by atomic mass is 32.1. The number of para-hydroxylation sites is 1. The van der Waals surface area contributed by atoms with Crippen LogP contribution in [0.3, 0.4) is 0 Å². The summed E-state index contributed by atoms with van der Waals surface area (Å²) in [7, 11) is 0. The Balaban J connectivity index is 1.07. The van der Waals surface area contributed by atoms with Crippen molar-refractivity contribution < 1.29 is 0 Å². The van der Waals surface area contributed by atoms with E-state index in [1.807, 2.05) is 11.3 Å². The zero-order valence-corrected chi connectivity index (χ0v) is 25.9. The molecule has 0 saturated carbocycles. The van der Waals surface area contributed by atoms with E-state index >= 15 is 0 Å². The van der Waals surface area contributed by atoms with Crippen molar-refractivity contribution in [3.8, 4) is 22.3 Å². The number of benzene rings is 8. The predicted molar refractivity (Wildman–Crippen MR) is 200 cm³/mol. The molecule has 0 aliphatic heterocycles. The molecule has 9 aromatic rings. The van der Waals surface area contributed by atoms with Crippen molar-refractivity contribution in [1.29, 1.82) is 0 Å². The van der Waals surface area contributed by atoms with Gasteiger partial charge < -0.3 is 4.90 Å². The van der Waals surface area contributed by atoms with Crippen LogP contribution in [0.1, 0.15) is 0 Å². The molecule has 0 radical (unpaired) electrons. The fourth-order valence-electron chi connectivity index (χ4n) is 6.74. The Labute approximate surface area is 272 Å². The Bertz CT molecular complexity index is 2500. The van der Waals surface area contributed by atoms with Crippen molar-refractivity contribution in [2.24, 2.45) is 0 Å². The number of hydrogen-bond donors (Lipinski definition) is 0. The summed E-state index contributed by atoms with van der Waals surface area (Å²) in [4.78, 5) is 2.33. The van der Waals surface area contributed by atoms with E-state index in [1.165, 1.54) is 64.0 Å². The first-order valence-electron chi connectivity index (χ1n) is 15.7. The molecule has 0 spiro atoms. The van der Waals surface area contributed by atoms with Crippen molar-refractivity contribution in [3.63, 3.8) is 0 Å². The highest BCUT2D eigenvalue weighted by molar-refractivity contribution is 7.25. The molecule has 0 amide bonds. The lowest BCUT2D eigenvalue weighted by molar-refractivity contribution is 1.28. The van der Waals surface area contributed by atoms with Gasteiger partial charge in [-0.3, -0.25) is 0 Å². The molecule has 8 aromatic carbocycles. The summed E-state index contributed by atoms with van der Waals surface area (Å²) < 4.78 is 2.68. The zero-order chi connectivity index (χ0) is 30.5. The molecule has 1 heterocycles. The van der Waals surface area contributed by atoms with Gasteiger partial charge in [0, 0.05) is 37.2 Å². The second kappa shape index (κ2) is 11.0. The predicted octanol–water partition coefficient (Wildman–Crippen LogP) is 13.2. The van der Waals surface area contributed by atoms with E-state index in [4.69, 9.17) is 0 Å². The van der Waals surface area contributed by atoms with Gasteiger partial charge in [-0.25, -0.2) is 0 Å². The number of hydrogen-bond acceptors (Lipinski definition) is 2. The molecule has 1 aromatic heterocycles. The van der Waals surface area contributed by atoms with Crippen LogP contribution in [0.15, 0.2) is 176 Å². The Morgan fingerprint density at radius 3 is 1.76 bits per heavy atom. The van der Waals surface area contributed by atoms with Gasteiger partial charge in [-0.05, 0) is 104 Å². The van der Waals surface area contributed by atoms with Crippen LogP contribution < -0.4 is 4.90 Å². The summed E-state index contributed by atoms with van der Waals surface area (Å²) in [5, 5.41) is 7.77. The van der Waals surface area contributed by atoms with Gasteiger partial charge in [0.2, 0.25) is 0 Å². The van der Waals surface area contributed by atoms with Gasteiger partial charge in [0.15, 0.2) is 0 Å². The molecule has 46 heavy (non-hydrogen) atoms. The van der Waals surface area contributed by atoms with Gasteiger partial charge in [0.1, 0.15) is 0 Å². The second-order valence-corrected chi connectivity index (χ2v) is 12.9. The third-order valence-electron chi connectivity index (χ3n) is 9.04. The van der Waals surface area contributed by atoms with Gasteiger partial charge in [0.05, 0.1) is 0 Å². The first-order valence-corrected chi connectivity index (χ1v) is 16.5. The van der Waals surface area contributed by atoms with Crippen LogP contribution in [0.2, 0.25) is 0 Å². The molecular weight excluding hydrogens is 575 g/mol. The Morgan fingerprint density at radius 1 is 0.326 bits per heavy atom. The average molecular weight is 604 g/mol. The first kappa shape index (κ1) is 26.7.